The van der Waals surface area contributed by atoms with E-state index >= 15 is 0 Å². The molecule has 0 bridgehead atoms. The second-order valence-corrected chi connectivity index (χ2v) is 6.71. The number of carbonyl (C=O) groups excluding carboxylic acids is 2. The van der Waals surface area contributed by atoms with Gasteiger partial charge in [-0.3, -0.25) is 4.79 Å². The van der Waals surface area contributed by atoms with Gasteiger partial charge in [-0.25, -0.2) is 4.79 Å². The summed E-state index contributed by atoms with van der Waals surface area (Å²) >= 11 is 1.42. The summed E-state index contributed by atoms with van der Waals surface area (Å²) in [4.78, 5) is 24.4. The number of ether oxygens (including phenoxy) is 3. The molecule has 1 aliphatic rings. The Bertz CT molecular complexity index is 780. The summed E-state index contributed by atoms with van der Waals surface area (Å²) < 4.78 is 16.3. The van der Waals surface area contributed by atoms with E-state index in [2.05, 4.69) is 0 Å². The van der Waals surface area contributed by atoms with Gasteiger partial charge in [-0.2, -0.15) is 0 Å². The van der Waals surface area contributed by atoms with Crippen molar-refractivity contribution < 1.29 is 23.8 Å². The molecule has 0 fully saturated rings. The maximum Gasteiger partial charge on any atom is 0.330 e. The summed E-state index contributed by atoms with van der Waals surface area (Å²) in [6.07, 6.45) is 4.79. The fraction of sp³-hybridized carbons (Fsp3) is 0.300. The van der Waals surface area contributed by atoms with E-state index in [9.17, 15) is 9.59 Å². The van der Waals surface area contributed by atoms with Crippen LogP contribution in [0.4, 0.5) is 0 Å². The Labute approximate surface area is 156 Å². The Kier molecular flexibility index (Phi) is 6.44. The van der Waals surface area contributed by atoms with Crippen molar-refractivity contribution >= 4 is 29.2 Å². The highest BCUT2D eigenvalue weighted by atomic mass is 32.1. The largest absolute Gasteiger partial charge is 0.490 e. The first-order chi connectivity index (χ1) is 12.7. The molecular weight excluding hydrogens is 352 g/mol. The molecule has 26 heavy (non-hydrogen) atoms. The molecule has 0 saturated carbocycles. The third-order valence-electron chi connectivity index (χ3n) is 3.77. The van der Waals surface area contributed by atoms with Crippen molar-refractivity contribution in [3.05, 3.63) is 52.2 Å². The second-order valence-electron chi connectivity index (χ2n) is 5.76. The van der Waals surface area contributed by atoms with Gasteiger partial charge in [0.05, 0.1) is 24.7 Å². The Balaban J connectivity index is 1.43. The minimum atomic E-state index is -0.430. The van der Waals surface area contributed by atoms with E-state index in [0.29, 0.717) is 31.8 Å². The van der Waals surface area contributed by atoms with Crippen LogP contribution in [-0.2, 0) is 9.53 Å². The molecule has 136 valence electrons. The van der Waals surface area contributed by atoms with E-state index < -0.39 is 5.97 Å². The van der Waals surface area contributed by atoms with Crippen molar-refractivity contribution in [1.29, 1.82) is 0 Å². The fourth-order valence-electron chi connectivity index (χ4n) is 2.46. The summed E-state index contributed by atoms with van der Waals surface area (Å²) in [5.41, 5.74) is 0.832. The van der Waals surface area contributed by atoms with Crippen molar-refractivity contribution in [2.45, 2.75) is 19.3 Å². The lowest BCUT2D eigenvalue weighted by Gasteiger charge is -2.07. The minimum Gasteiger partial charge on any atom is -0.490 e. The molecule has 2 heterocycles. The molecule has 2 aromatic rings. The van der Waals surface area contributed by atoms with E-state index in [0.717, 1.165) is 22.6 Å². The molecule has 0 aliphatic carbocycles. The van der Waals surface area contributed by atoms with E-state index in [4.69, 9.17) is 14.2 Å². The first-order valence-corrected chi connectivity index (χ1v) is 9.41. The number of esters is 1. The highest BCUT2D eigenvalue weighted by Gasteiger charge is 2.10. The molecule has 6 heteroatoms. The van der Waals surface area contributed by atoms with Crippen molar-refractivity contribution in [1.82, 2.24) is 0 Å². The van der Waals surface area contributed by atoms with Gasteiger partial charge in [0.2, 0.25) is 0 Å². The molecule has 5 nitrogen and oxygen atoms in total. The average molecular weight is 372 g/mol. The molecule has 0 N–H and O–H groups in total. The Morgan fingerprint density at radius 3 is 2.81 bits per heavy atom. The lowest BCUT2D eigenvalue weighted by atomic mass is 10.2. The quantitative estimate of drug-likeness (QED) is 0.316. The molecule has 1 aliphatic heterocycles. The van der Waals surface area contributed by atoms with Gasteiger partial charge in [0.1, 0.15) is 0 Å². The number of benzene rings is 1. The number of thiophene rings is 1. The smallest absolute Gasteiger partial charge is 0.330 e. The number of rotatable bonds is 7. The predicted octanol–water partition coefficient (Wildman–Crippen LogP) is 4.13. The van der Waals surface area contributed by atoms with Gasteiger partial charge in [0.25, 0.3) is 0 Å². The van der Waals surface area contributed by atoms with Crippen LogP contribution in [0.25, 0.3) is 6.08 Å². The lowest BCUT2D eigenvalue weighted by molar-refractivity contribution is -0.137. The summed E-state index contributed by atoms with van der Waals surface area (Å²) in [5, 5.41) is 1.87. The Morgan fingerprint density at radius 2 is 2.00 bits per heavy atom. The molecule has 0 spiro atoms. The molecule has 1 aromatic heterocycles. The third kappa shape index (κ3) is 5.20. The molecule has 0 unspecified atom stereocenters. The van der Waals surface area contributed by atoms with Crippen LogP contribution in [-0.4, -0.2) is 31.6 Å². The van der Waals surface area contributed by atoms with Crippen LogP contribution >= 0.6 is 11.3 Å². The summed E-state index contributed by atoms with van der Waals surface area (Å²) in [7, 11) is 0. The predicted molar refractivity (Wildman–Crippen MR) is 99.9 cm³/mol. The SMILES string of the molecule is O=C(/C=C/c1ccc2c(c1)OCCCO2)OCCCC(=O)c1cccs1. The van der Waals surface area contributed by atoms with Gasteiger partial charge in [-0.1, -0.05) is 12.1 Å². The van der Waals surface area contributed by atoms with Gasteiger partial charge in [0, 0.05) is 18.9 Å². The highest BCUT2D eigenvalue weighted by Crippen LogP contribution is 2.30. The Hall–Kier alpha value is -2.60. The van der Waals surface area contributed by atoms with E-state index in [-0.39, 0.29) is 12.4 Å². The molecule has 1 aromatic carbocycles. The standard InChI is InChI=1S/C20H20O5S/c21-16(19-5-2-13-26-19)4-1-10-25-20(22)9-7-15-6-8-17-18(14-15)24-12-3-11-23-17/h2,5-9,13-14H,1,3-4,10-12H2/b9-7+. The zero-order chi connectivity index (χ0) is 18.2. The maximum absolute atomic E-state index is 11.8. The zero-order valence-corrected chi connectivity index (χ0v) is 15.1. The van der Waals surface area contributed by atoms with Crippen LogP contribution in [0.3, 0.4) is 0 Å². The van der Waals surface area contributed by atoms with Gasteiger partial charge in [-0.05, 0) is 41.6 Å². The van der Waals surface area contributed by atoms with E-state index in [1.165, 1.54) is 17.4 Å². The number of ketones is 1. The van der Waals surface area contributed by atoms with Crippen molar-refractivity contribution in [3.63, 3.8) is 0 Å². The maximum atomic E-state index is 11.8. The Morgan fingerprint density at radius 1 is 1.15 bits per heavy atom. The highest BCUT2D eigenvalue weighted by molar-refractivity contribution is 7.12. The topological polar surface area (TPSA) is 61.8 Å². The van der Waals surface area contributed by atoms with Crippen LogP contribution < -0.4 is 9.47 Å². The van der Waals surface area contributed by atoms with Crippen molar-refractivity contribution in [3.8, 4) is 11.5 Å². The minimum absolute atomic E-state index is 0.0822. The van der Waals surface area contributed by atoms with E-state index in [1.807, 2.05) is 29.6 Å². The molecular formula is C20H20O5S. The summed E-state index contributed by atoms with van der Waals surface area (Å²) in [6, 6.07) is 9.18. The first-order valence-electron chi connectivity index (χ1n) is 8.53. The number of hydrogen-bond donors (Lipinski definition) is 0. The first kappa shape index (κ1) is 18.2. The van der Waals surface area contributed by atoms with Crippen LogP contribution in [0.15, 0.2) is 41.8 Å². The molecule has 0 radical (unpaired) electrons. The molecule has 0 saturated heterocycles. The number of Topliss-reactive ketones (excluding diaryl/α,β-unsaturated/α-hetero) is 1. The number of fused-ring (bicyclic) bond motifs is 1. The fourth-order valence-corrected chi connectivity index (χ4v) is 3.16. The second kappa shape index (κ2) is 9.20. The van der Waals surface area contributed by atoms with Gasteiger partial charge in [-0.15, -0.1) is 11.3 Å². The summed E-state index contributed by atoms with van der Waals surface area (Å²) in [6.45, 7) is 1.48. The number of carbonyl (C=O) groups is 2. The van der Waals surface area contributed by atoms with Crippen LogP contribution in [0, 0.1) is 0 Å². The van der Waals surface area contributed by atoms with Gasteiger partial charge >= 0.3 is 5.97 Å². The molecule has 3 rings (SSSR count). The number of hydrogen-bond acceptors (Lipinski definition) is 6. The van der Waals surface area contributed by atoms with Gasteiger partial charge in [0.15, 0.2) is 17.3 Å². The normalized spacial score (nSPS) is 13.4. The average Bonchev–Trinajstić information content (AvgIpc) is 3.09. The molecule has 0 atom stereocenters. The van der Waals surface area contributed by atoms with Crippen LogP contribution in [0.1, 0.15) is 34.5 Å². The van der Waals surface area contributed by atoms with Gasteiger partial charge < -0.3 is 14.2 Å². The monoisotopic (exact) mass is 372 g/mol. The zero-order valence-electron chi connectivity index (χ0n) is 14.3. The summed E-state index contributed by atoms with van der Waals surface area (Å²) in [5.74, 6) is 1.06. The van der Waals surface area contributed by atoms with Crippen molar-refractivity contribution in [2.75, 3.05) is 19.8 Å². The third-order valence-corrected chi connectivity index (χ3v) is 4.68. The van der Waals surface area contributed by atoms with Crippen LogP contribution in [0.5, 0.6) is 11.5 Å². The van der Waals surface area contributed by atoms with E-state index in [1.54, 1.807) is 12.1 Å². The lowest BCUT2D eigenvalue weighted by Crippen LogP contribution is -2.05. The molecule has 0 amide bonds. The van der Waals surface area contributed by atoms with Crippen molar-refractivity contribution in [2.24, 2.45) is 0 Å². The van der Waals surface area contributed by atoms with Crippen LogP contribution in [0.2, 0.25) is 0 Å².